The molecule has 0 saturated carbocycles. The molecule has 1 aromatic carbocycles. The summed E-state index contributed by atoms with van der Waals surface area (Å²) in [5, 5.41) is 0.640. The minimum Gasteiger partial charge on any atom is -0.471 e. The van der Waals surface area contributed by atoms with Crippen LogP contribution in [0.1, 0.15) is 11.6 Å². The van der Waals surface area contributed by atoms with Gasteiger partial charge in [0.25, 0.3) is 6.43 Å². The summed E-state index contributed by atoms with van der Waals surface area (Å²) in [6.07, 6.45) is 0.480. The minimum absolute atomic E-state index is 0.187. The van der Waals surface area contributed by atoms with E-state index in [-0.39, 0.29) is 5.88 Å². The lowest BCUT2D eigenvalue weighted by molar-refractivity contribution is 0.0804. The summed E-state index contributed by atoms with van der Waals surface area (Å²) in [7, 11) is 0. The number of piperazine rings is 1. The number of benzene rings is 1. The van der Waals surface area contributed by atoms with Gasteiger partial charge in [0.05, 0.1) is 16.6 Å². The van der Waals surface area contributed by atoms with Gasteiger partial charge in [0.2, 0.25) is 5.88 Å². The Labute approximate surface area is 161 Å². The van der Waals surface area contributed by atoms with E-state index in [1.165, 1.54) is 6.33 Å². The maximum absolute atomic E-state index is 12.5. The molecule has 3 heterocycles. The third-order valence-electron chi connectivity index (χ3n) is 4.72. The number of aryl methyl sites for hydroxylation is 1. The monoisotopic (exact) mass is 389 g/mol. The summed E-state index contributed by atoms with van der Waals surface area (Å²) in [6.45, 7) is 5.41. The second kappa shape index (κ2) is 8.05. The van der Waals surface area contributed by atoms with Gasteiger partial charge in [-0.25, -0.2) is 23.7 Å². The highest BCUT2D eigenvalue weighted by Crippen LogP contribution is 2.27. The molecule has 0 aliphatic carbocycles. The lowest BCUT2D eigenvalue weighted by atomic mass is 10.2. The highest BCUT2D eigenvalue weighted by molar-refractivity contribution is 5.86. The van der Waals surface area contributed by atoms with E-state index < -0.39 is 13.0 Å². The maximum Gasteiger partial charge on any atom is 0.272 e. The summed E-state index contributed by atoms with van der Waals surface area (Å²) < 4.78 is 35.4. The van der Waals surface area contributed by atoms with Gasteiger partial charge in [-0.05, 0) is 18.2 Å². The van der Waals surface area contributed by atoms with Gasteiger partial charge in [-0.2, -0.15) is 0 Å². The van der Waals surface area contributed by atoms with Crippen LogP contribution in [0.2, 0.25) is 0 Å². The van der Waals surface area contributed by atoms with Crippen molar-refractivity contribution >= 4 is 16.6 Å². The summed E-state index contributed by atoms with van der Waals surface area (Å²) >= 11 is 0. The Hall–Kier alpha value is -2.81. The number of oxazole rings is 1. The third-order valence-corrected chi connectivity index (χ3v) is 4.72. The Morgan fingerprint density at radius 3 is 2.71 bits per heavy atom. The van der Waals surface area contributed by atoms with Gasteiger partial charge in [0, 0.05) is 45.3 Å². The Kier molecular flexibility index (Phi) is 5.34. The Balaban J connectivity index is 1.45. The molecule has 1 fully saturated rings. The van der Waals surface area contributed by atoms with Crippen molar-refractivity contribution in [2.45, 2.75) is 19.9 Å². The lowest BCUT2D eigenvalue weighted by Gasteiger charge is -2.35. The number of hydrogen-bond acceptors (Lipinski definition) is 7. The number of halogens is 2. The quantitative estimate of drug-likeness (QED) is 0.642. The van der Waals surface area contributed by atoms with E-state index in [0.717, 1.165) is 44.1 Å². The van der Waals surface area contributed by atoms with E-state index in [2.05, 4.69) is 24.8 Å². The number of anilines is 1. The van der Waals surface area contributed by atoms with Crippen molar-refractivity contribution in [3.63, 3.8) is 0 Å². The molecule has 7 nitrogen and oxygen atoms in total. The highest BCUT2D eigenvalue weighted by atomic mass is 19.3. The van der Waals surface area contributed by atoms with Gasteiger partial charge < -0.3 is 14.1 Å². The number of hydrogen-bond donors (Lipinski definition) is 0. The van der Waals surface area contributed by atoms with Crippen molar-refractivity contribution in [1.29, 1.82) is 0 Å². The Bertz CT molecular complexity index is 941. The van der Waals surface area contributed by atoms with Gasteiger partial charge in [-0.1, -0.05) is 0 Å². The zero-order valence-corrected chi connectivity index (χ0v) is 15.5. The molecule has 28 heavy (non-hydrogen) atoms. The molecule has 4 rings (SSSR count). The molecule has 148 valence electrons. The van der Waals surface area contributed by atoms with Crippen LogP contribution in [-0.4, -0.2) is 59.1 Å². The average molecular weight is 389 g/mol. The van der Waals surface area contributed by atoms with Gasteiger partial charge >= 0.3 is 0 Å². The lowest BCUT2D eigenvalue weighted by Crippen LogP contribution is -2.46. The number of aromatic nitrogens is 3. The van der Waals surface area contributed by atoms with Crippen molar-refractivity contribution < 1.29 is 17.9 Å². The maximum atomic E-state index is 12.5. The largest absolute Gasteiger partial charge is 0.471 e. The van der Waals surface area contributed by atoms with Crippen molar-refractivity contribution in [2.24, 2.45) is 0 Å². The topological polar surface area (TPSA) is 67.5 Å². The molecule has 1 aliphatic heterocycles. The SMILES string of the molecule is Cc1nc(CN2CCN(c3ccc4ncnc(OCC(F)F)c4c3)CC2)co1. The average Bonchev–Trinajstić information content (AvgIpc) is 3.11. The van der Waals surface area contributed by atoms with Crippen LogP contribution in [0.4, 0.5) is 14.5 Å². The smallest absolute Gasteiger partial charge is 0.272 e. The summed E-state index contributed by atoms with van der Waals surface area (Å²) in [6, 6.07) is 5.77. The predicted molar refractivity (Wildman–Crippen MR) is 99.8 cm³/mol. The van der Waals surface area contributed by atoms with Crippen LogP contribution in [0.3, 0.4) is 0 Å². The first-order valence-electron chi connectivity index (χ1n) is 9.12. The van der Waals surface area contributed by atoms with Crippen LogP contribution in [0.5, 0.6) is 5.88 Å². The fourth-order valence-electron chi connectivity index (χ4n) is 3.35. The summed E-state index contributed by atoms with van der Waals surface area (Å²) in [5.74, 6) is 0.865. The molecule has 0 N–H and O–H groups in total. The summed E-state index contributed by atoms with van der Waals surface area (Å²) in [4.78, 5) is 17.2. The van der Waals surface area contributed by atoms with Crippen LogP contribution in [0, 0.1) is 6.92 Å². The minimum atomic E-state index is -2.55. The first-order valence-corrected chi connectivity index (χ1v) is 9.12. The highest BCUT2D eigenvalue weighted by Gasteiger charge is 2.19. The van der Waals surface area contributed by atoms with E-state index in [9.17, 15) is 8.78 Å². The van der Waals surface area contributed by atoms with Crippen LogP contribution in [0.15, 0.2) is 35.2 Å². The molecule has 0 amide bonds. The van der Waals surface area contributed by atoms with Crippen molar-refractivity contribution in [3.8, 4) is 5.88 Å². The molecule has 3 aromatic rings. The van der Waals surface area contributed by atoms with Gasteiger partial charge in [0.15, 0.2) is 12.5 Å². The second-order valence-corrected chi connectivity index (χ2v) is 6.70. The zero-order chi connectivity index (χ0) is 19.5. The van der Waals surface area contributed by atoms with Crippen LogP contribution < -0.4 is 9.64 Å². The fraction of sp³-hybridized carbons (Fsp3) is 0.421. The van der Waals surface area contributed by atoms with Gasteiger partial charge in [0.1, 0.15) is 12.6 Å². The molecule has 0 unspecified atom stereocenters. The molecule has 0 atom stereocenters. The number of ether oxygens (including phenoxy) is 1. The molecule has 0 bridgehead atoms. The van der Waals surface area contributed by atoms with E-state index in [1.54, 1.807) is 6.26 Å². The van der Waals surface area contributed by atoms with Crippen molar-refractivity contribution in [1.82, 2.24) is 19.9 Å². The van der Waals surface area contributed by atoms with E-state index in [0.29, 0.717) is 16.8 Å². The van der Waals surface area contributed by atoms with Crippen LogP contribution >= 0.6 is 0 Å². The third kappa shape index (κ3) is 4.19. The molecule has 2 aromatic heterocycles. The van der Waals surface area contributed by atoms with Gasteiger partial charge in [-0.15, -0.1) is 0 Å². The number of rotatable bonds is 6. The molecule has 1 aliphatic rings. The van der Waals surface area contributed by atoms with E-state index >= 15 is 0 Å². The Morgan fingerprint density at radius 2 is 2.00 bits per heavy atom. The summed E-state index contributed by atoms with van der Waals surface area (Å²) in [5.41, 5.74) is 2.61. The molecule has 9 heteroatoms. The number of fused-ring (bicyclic) bond motifs is 1. The first-order chi connectivity index (χ1) is 13.6. The fourth-order valence-corrected chi connectivity index (χ4v) is 3.35. The van der Waals surface area contributed by atoms with Crippen LogP contribution in [-0.2, 0) is 6.54 Å². The standard InChI is InChI=1S/C19H21F2N5O2/c1-13-24-14(10-27-13)9-25-4-6-26(7-5-25)15-2-3-17-16(8-15)19(23-12-22-17)28-11-18(20)21/h2-3,8,10,12,18H,4-7,9,11H2,1H3. The number of alkyl halides is 2. The molecule has 0 radical (unpaired) electrons. The Morgan fingerprint density at radius 1 is 1.18 bits per heavy atom. The number of nitrogens with zero attached hydrogens (tertiary/aromatic N) is 5. The van der Waals surface area contributed by atoms with Crippen LogP contribution in [0.25, 0.3) is 10.9 Å². The normalized spacial score (nSPS) is 15.5. The predicted octanol–water partition coefficient (Wildman–Crippen LogP) is 2.89. The molecule has 0 spiro atoms. The molecule has 1 saturated heterocycles. The van der Waals surface area contributed by atoms with Crippen molar-refractivity contribution in [3.05, 3.63) is 42.4 Å². The first kappa shape index (κ1) is 18.5. The zero-order valence-electron chi connectivity index (χ0n) is 15.5. The molecular weight excluding hydrogens is 368 g/mol. The van der Waals surface area contributed by atoms with E-state index in [1.807, 2.05) is 25.1 Å². The van der Waals surface area contributed by atoms with E-state index in [4.69, 9.17) is 9.15 Å². The van der Waals surface area contributed by atoms with Crippen molar-refractivity contribution in [2.75, 3.05) is 37.7 Å². The molecular formula is C19H21F2N5O2. The van der Waals surface area contributed by atoms with Gasteiger partial charge in [-0.3, -0.25) is 4.90 Å². The second-order valence-electron chi connectivity index (χ2n) is 6.70.